The molecular formula is C11H11ClF3NO2. The quantitative estimate of drug-likeness (QED) is 0.920. The summed E-state index contributed by atoms with van der Waals surface area (Å²) in [5.74, 6) is -0.404. The van der Waals surface area contributed by atoms with Crippen LogP contribution in [0.5, 0.6) is 5.75 Å². The normalized spacial score (nSPS) is 16.4. The molecule has 0 spiro atoms. The molecule has 0 saturated carbocycles. The van der Waals surface area contributed by atoms with Crippen molar-refractivity contribution in [2.45, 2.75) is 19.1 Å². The second-order valence-corrected chi connectivity index (χ2v) is 4.31. The van der Waals surface area contributed by atoms with E-state index >= 15 is 0 Å². The van der Waals surface area contributed by atoms with Gasteiger partial charge in [-0.3, -0.25) is 0 Å². The van der Waals surface area contributed by atoms with Gasteiger partial charge in [-0.15, -0.1) is 13.2 Å². The van der Waals surface area contributed by atoms with Crippen molar-refractivity contribution in [2.24, 2.45) is 0 Å². The van der Waals surface area contributed by atoms with Crippen LogP contribution in [0.4, 0.5) is 13.2 Å². The third-order valence-electron chi connectivity index (χ3n) is 2.45. The molecule has 0 amide bonds. The predicted octanol–water partition coefficient (Wildman–Crippen LogP) is 2.73. The number of alkyl halides is 3. The van der Waals surface area contributed by atoms with Crippen molar-refractivity contribution >= 4 is 11.6 Å². The fraction of sp³-hybridized carbons (Fsp3) is 0.455. The first kappa shape index (κ1) is 13.5. The number of halogens is 4. The topological polar surface area (TPSA) is 30.5 Å². The van der Waals surface area contributed by atoms with Crippen LogP contribution >= 0.6 is 11.6 Å². The smallest absolute Gasteiger partial charge is 0.404 e. The average molecular weight is 282 g/mol. The monoisotopic (exact) mass is 281 g/mol. The molecule has 3 nitrogen and oxygen atoms in total. The van der Waals surface area contributed by atoms with E-state index in [0.717, 1.165) is 13.1 Å². The summed E-state index contributed by atoms with van der Waals surface area (Å²) < 4.78 is 45.3. The number of ether oxygens (including phenoxy) is 2. The third kappa shape index (κ3) is 3.76. The predicted molar refractivity (Wildman–Crippen MR) is 59.6 cm³/mol. The number of hydrogen-bond donors (Lipinski definition) is 1. The molecule has 2 rings (SSSR count). The van der Waals surface area contributed by atoms with Crippen molar-refractivity contribution in [1.29, 1.82) is 0 Å². The Morgan fingerprint density at radius 3 is 2.56 bits per heavy atom. The van der Waals surface area contributed by atoms with Gasteiger partial charge in [-0.1, -0.05) is 17.7 Å². The standard InChI is InChI=1S/C11H11ClF3NO2/c12-9-3-7(6-17-8-4-16-5-8)1-2-10(9)18-11(13,14)15/h1-3,8,16H,4-6H2. The molecule has 1 aromatic carbocycles. The summed E-state index contributed by atoms with van der Waals surface area (Å²) in [4.78, 5) is 0. The second-order valence-electron chi connectivity index (χ2n) is 3.90. The fourth-order valence-corrected chi connectivity index (χ4v) is 1.68. The largest absolute Gasteiger partial charge is 0.573 e. The van der Waals surface area contributed by atoms with E-state index in [1.54, 1.807) is 0 Å². The highest BCUT2D eigenvalue weighted by atomic mass is 35.5. The molecule has 7 heteroatoms. The van der Waals surface area contributed by atoms with Crippen LogP contribution < -0.4 is 10.1 Å². The van der Waals surface area contributed by atoms with Crippen LogP contribution in [-0.4, -0.2) is 25.6 Å². The Balaban J connectivity index is 1.95. The van der Waals surface area contributed by atoms with Crippen LogP contribution in [-0.2, 0) is 11.3 Å². The van der Waals surface area contributed by atoms with Crippen molar-refractivity contribution in [1.82, 2.24) is 5.32 Å². The lowest BCUT2D eigenvalue weighted by atomic mass is 10.2. The fourth-order valence-electron chi connectivity index (χ4n) is 1.44. The zero-order chi connectivity index (χ0) is 13.2. The van der Waals surface area contributed by atoms with E-state index in [1.807, 2.05) is 0 Å². The van der Waals surface area contributed by atoms with Gasteiger partial charge in [-0.25, -0.2) is 0 Å². The molecule has 0 unspecified atom stereocenters. The molecule has 0 atom stereocenters. The van der Waals surface area contributed by atoms with E-state index in [-0.39, 0.29) is 11.1 Å². The van der Waals surface area contributed by atoms with Crippen LogP contribution in [0.2, 0.25) is 5.02 Å². The Bertz CT molecular complexity index is 421. The number of nitrogens with one attached hydrogen (secondary N) is 1. The lowest BCUT2D eigenvalue weighted by molar-refractivity contribution is -0.274. The summed E-state index contributed by atoms with van der Waals surface area (Å²) in [6.45, 7) is 1.91. The molecule has 0 aromatic heterocycles. The van der Waals surface area contributed by atoms with Gasteiger partial charge in [0.15, 0.2) is 0 Å². The Morgan fingerprint density at radius 2 is 2.06 bits per heavy atom. The molecule has 0 radical (unpaired) electrons. The van der Waals surface area contributed by atoms with Gasteiger partial charge in [0.1, 0.15) is 5.75 Å². The molecule has 1 saturated heterocycles. The molecule has 0 bridgehead atoms. The minimum Gasteiger partial charge on any atom is -0.404 e. The average Bonchev–Trinajstić information content (AvgIpc) is 2.18. The zero-order valence-electron chi connectivity index (χ0n) is 9.26. The molecule has 18 heavy (non-hydrogen) atoms. The lowest BCUT2D eigenvalue weighted by Gasteiger charge is -2.27. The first-order valence-electron chi connectivity index (χ1n) is 5.30. The number of benzene rings is 1. The van der Waals surface area contributed by atoms with Gasteiger partial charge in [0.25, 0.3) is 0 Å². The lowest BCUT2D eigenvalue weighted by Crippen LogP contribution is -2.48. The summed E-state index contributed by atoms with van der Waals surface area (Å²) >= 11 is 5.71. The molecule has 100 valence electrons. The van der Waals surface area contributed by atoms with Crippen molar-refractivity contribution in [2.75, 3.05) is 13.1 Å². The summed E-state index contributed by atoms with van der Waals surface area (Å²) in [5.41, 5.74) is 0.710. The molecule has 1 aliphatic rings. The molecule has 1 aromatic rings. The van der Waals surface area contributed by atoms with E-state index in [2.05, 4.69) is 10.1 Å². The van der Waals surface area contributed by atoms with Crippen LogP contribution in [0.15, 0.2) is 18.2 Å². The Morgan fingerprint density at radius 1 is 1.33 bits per heavy atom. The Kier molecular flexibility index (Phi) is 3.99. The molecular weight excluding hydrogens is 271 g/mol. The summed E-state index contributed by atoms with van der Waals surface area (Å²) in [6, 6.07) is 4.10. The Hall–Kier alpha value is -0.980. The van der Waals surface area contributed by atoms with Gasteiger partial charge in [-0.05, 0) is 17.7 Å². The van der Waals surface area contributed by atoms with E-state index in [1.165, 1.54) is 18.2 Å². The SMILES string of the molecule is FC(F)(F)Oc1ccc(COC2CNC2)cc1Cl. The third-order valence-corrected chi connectivity index (χ3v) is 2.75. The first-order valence-corrected chi connectivity index (χ1v) is 5.68. The summed E-state index contributed by atoms with van der Waals surface area (Å²) in [6.07, 6.45) is -4.57. The van der Waals surface area contributed by atoms with Gasteiger partial charge in [0.05, 0.1) is 17.7 Å². The minimum absolute atomic E-state index is 0.0832. The van der Waals surface area contributed by atoms with E-state index < -0.39 is 12.1 Å². The number of hydrogen-bond acceptors (Lipinski definition) is 3. The van der Waals surface area contributed by atoms with Crippen molar-refractivity contribution in [3.63, 3.8) is 0 Å². The van der Waals surface area contributed by atoms with Crippen LogP contribution in [0.25, 0.3) is 0 Å². The summed E-state index contributed by atoms with van der Waals surface area (Å²) in [7, 11) is 0. The van der Waals surface area contributed by atoms with E-state index in [9.17, 15) is 13.2 Å². The maximum Gasteiger partial charge on any atom is 0.573 e. The minimum atomic E-state index is -4.74. The molecule has 1 aliphatic heterocycles. The van der Waals surface area contributed by atoms with Crippen molar-refractivity contribution < 1.29 is 22.6 Å². The highest BCUT2D eigenvalue weighted by Crippen LogP contribution is 2.30. The van der Waals surface area contributed by atoms with Crippen LogP contribution in [0.3, 0.4) is 0 Å². The van der Waals surface area contributed by atoms with Crippen molar-refractivity contribution in [3.05, 3.63) is 28.8 Å². The highest BCUT2D eigenvalue weighted by molar-refractivity contribution is 6.32. The second kappa shape index (κ2) is 5.34. The highest BCUT2D eigenvalue weighted by Gasteiger charge is 2.32. The Labute approximate surface area is 107 Å². The van der Waals surface area contributed by atoms with Gasteiger partial charge in [0, 0.05) is 13.1 Å². The van der Waals surface area contributed by atoms with Gasteiger partial charge < -0.3 is 14.8 Å². The zero-order valence-corrected chi connectivity index (χ0v) is 10.0. The first-order chi connectivity index (χ1) is 8.44. The van der Waals surface area contributed by atoms with Gasteiger partial charge >= 0.3 is 6.36 Å². The molecule has 0 aliphatic carbocycles. The maximum absolute atomic E-state index is 12.0. The van der Waals surface area contributed by atoms with Crippen molar-refractivity contribution in [3.8, 4) is 5.75 Å². The summed E-state index contributed by atoms with van der Waals surface area (Å²) in [5, 5.41) is 2.96. The van der Waals surface area contributed by atoms with Gasteiger partial charge in [-0.2, -0.15) is 0 Å². The van der Waals surface area contributed by atoms with Crippen LogP contribution in [0.1, 0.15) is 5.56 Å². The maximum atomic E-state index is 12.0. The number of rotatable bonds is 4. The van der Waals surface area contributed by atoms with E-state index in [4.69, 9.17) is 16.3 Å². The molecule has 1 fully saturated rings. The molecule has 1 N–H and O–H groups in total. The van der Waals surface area contributed by atoms with Gasteiger partial charge in [0.2, 0.25) is 0 Å². The van der Waals surface area contributed by atoms with E-state index in [0.29, 0.717) is 12.2 Å². The van der Waals surface area contributed by atoms with Crippen LogP contribution in [0, 0.1) is 0 Å². The molecule has 1 heterocycles.